The van der Waals surface area contributed by atoms with Crippen LogP contribution in [0.25, 0.3) is 0 Å². The summed E-state index contributed by atoms with van der Waals surface area (Å²) in [5.41, 5.74) is 0. The molecule has 1 unspecified atom stereocenters. The second-order valence-corrected chi connectivity index (χ2v) is 6.42. The number of nitrogens with zero attached hydrogens (tertiary/aromatic N) is 1. The molecule has 2 heteroatoms. The van der Waals surface area contributed by atoms with Gasteiger partial charge in [0.25, 0.3) is 0 Å². The molecule has 0 aromatic heterocycles. The van der Waals surface area contributed by atoms with Gasteiger partial charge in [-0.3, -0.25) is 9.69 Å². The third-order valence-electron chi connectivity index (χ3n) is 3.59. The molecule has 0 amide bonds. The van der Waals surface area contributed by atoms with Crippen LogP contribution in [0.4, 0.5) is 0 Å². The van der Waals surface area contributed by atoms with Crippen molar-refractivity contribution in [2.24, 2.45) is 17.8 Å². The van der Waals surface area contributed by atoms with Gasteiger partial charge in [-0.15, -0.1) is 0 Å². The zero-order valence-corrected chi connectivity index (χ0v) is 13.3. The van der Waals surface area contributed by atoms with Crippen LogP contribution in [0, 0.1) is 17.8 Å². The summed E-state index contributed by atoms with van der Waals surface area (Å²) in [6, 6.07) is 0. The van der Waals surface area contributed by atoms with Crippen LogP contribution < -0.4 is 0 Å². The highest BCUT2D eigenvalue weighted by molar-refractivity contribution is 5.82. The van der Waals surface area contributed by atoms with Crippen LogP contribution in [0.3, 0.4) is 0 Å². The van der Waals surface area contributed by atoms with Gasteiger partial charge in [-0.2, -0.15) is 0 Å². The Bertz CT molecular complexity index is 211. The van der Waals surface area contributed by atoms with Crippen LogP contribution >= 0.6 is 0 Å². The minimum absolute atomic E-state index is 0.214. The monoisotopic (exact) mass is 255 g/mol. The van der Waals surface area contributed by atoms with E-state index in [0.29, 0.717) is 24.2 Å². The quantitative estimate of drug-likeness (QED) is 0.588. The lowest BCUT2D eigenvalue weighted by molar-refractivity contribution is -0.123. The molecule has 0 aromatic carbocycles. The third kappa shape index (κ3) is 8.68. The molecule has 0 fully saturated rings. The van der Waals surface area contributed by atoms with Gasteiger partial charge in [0.1, 0.15) is 5.78 Å². The van der Waals surface area contributed by atoms with Crippen LogP contribution in [0.1, 0.15) is 60.8 Å². The molecule has 0 radical (unpaired) electrons. The summed E-state index contributed by atoms with van der Waals surface area (Å²) in [4.78, 5) is 14.4. The lowest BCUT2D eigenvalue weighted by Gasteiger charge is -2.24. The predicted molar refractivity (Wildman–Crippen MR) is 79.8 cm³/mol. The second-order valence-electron chi connectivity index (χ2n) is 6.42. The number of hydrogen-bond donors (Lipinski definition) is 0. The van der Waals surface area contributed by atoms with Gasteiger partial charge in [-0.25, -0.2) is 0 Å². The molecule has 0 aromatic rings. The maximum atomic E-state index is 12.0. The Balaban J connectivity index is 4.22. The van der Waals surface area contributed by atoms with Crippen molar-refractivity contribution >= 4 is 5.78 Å². The van der Waals surface area contributed by atoms with Crippen molar-refractivity contribution in [2.75, 3.05) is 19.6 Å². The SMILES string of the molecule is CCC(C)C(=O)CN(CCC(C)C)CCC(C)C. The minimum Gasteiger partial charge on any atom is -0.298 e. The molecule has 2 nitrogen and oxygen atoms in total. The summed E-state index contributed by atoms with van der Waals surface area (Å²) < 4.78 is 0. The number of ketones is 1. The Morgan fingerprint density at radius 2 is 1.39 bits per heavy atom. The van der Waals surface area contributed by atoms with Gasteiger partial charge in [-0.1, -0.05) is 41.5 Å². The van der Waals surface area contributed by atoms with Crippen LogP contribution in [0.2, 0.25) is 0 Å². The highest BCUT2D eigenvalue weighted by atomic mass is 16.1. The Morgan fingerprint density at radius 1 is 0.944 bits per heavy atom. The summed E-state index contributed by atoms with van der Waals surface area (Å²) in [6.07, 6.45) is 3.33. The fraction of sp³-hybridized carbons (Fsp3) is 0.938. The highest BCUT2D eigenvalue weighted by Gasteiger charge is 2.16. The average Bonchev–Trinajstić information content (AvgIpc) is 2.30. The summed E-state index contributed by atoms with van der Waals surface area (Å²) in [6.45, 7) is 15.9. The summed E-state index contributed by atoms with van der Waals surface area (Å²) >= 11 is 0. The van der Waals surface area contributed by atoms with E-state index in [-0.39, 0.29) is 5.92 Å². The van der Waals surface area contributed by atoms with Crippen molar-refractivity contribution in [3.8, 4) is 0 Å². The first-order chi connectivity index (χ1) is 8.36. The summed E-state index contributed by atoms with van der Waals surface area (Å²) in [7, 11) is 0. The fourth-order valence-electron chi connectivity index (χ4n) is 1.76. The lowest BCUT2D eigenvalue weighted by Crippen LogP contribution is -2.35. The Labute approximate surface area is 114 Å². The van der Waals surface area contributed by atoms with E-state index >= 15 is 0 Å². The second kappa shape index (κ2) is 9.55. The largest absolute Gasteiger partial charge is 0.298 e. The summed E-state index contributed by atoms with van der Waals surface area (Å²) in [5, 5.41) is 0. The molecule has 0 aliphatic heterocycles. The minimum atomic E-state index is 0.214. The Kier molecular flexibility index (Phi) is 9.35. The van der Waals surface area contributed by atoms with Gasteiger partial charge in [0, 0.05) is 5.92 Å². The van der Waals surface area contributed by atoms with Crippen LogP contribution in [-0.4, -0.2) is 30.3 Å². The van der Waals surface area contributed by atoms with Crippen LogP contribution in [0.15, 0.2) is 0 Å². The number of carbonyl (C=O) groups excluding carboxylic acids is 1. The predicted octanol–water partition coefficient (Wildman–Crippen LogP) is 4.00. The zero-order chi connectivity index (χ0) is 14.1. The first kappa shape index (κ1) is 17.6. The molecule has 0 spiro atoms. The van der Waals surface area contributed by atoms with Gasteiger partial charge < -0.3 is 0 Å². The van der Waals surface area contributed by atoms with Crippen molar-refractivity contribution in [2.45, 2.75) is 60.8 Å². The topological polar surface area (TPSA) is 20.3 Å². The Morgan fingerprint density at radius 3 is 1.72 bits per heavy atom. The van der Waals surface area contributed by atoms with E-state index in [1.807, 2.05) is 6.92 Å². The third-order valence-corrected chi connectivity index (χ3v) is 3.59. The van der Waals surface area contributed by atoms with E-state index in [1.165, 1.54) is 12.8 Å². The van der Waals surface area contributed by atoms with Crippen molar-refractivity contribution in [3.63, 3.8) is 0 Å². The van der Waals surface area contributed by atoms with Crippen molar-refractivity contribution in [1.29, 1.82) is 0 Å². The molecule has 0 N–H and O–H groups in total. The number of hydrogen-bond acceptors (Lipinski definition) is 2. The molecule has 0 heterocycles. The van der Waals surface area contributed by atoms with E-state index in [9.17, 15) is 4.79 Å². The van der Waals surface area contributed by atoms with Crippen molar-refractivity contribution in [3.05, 3.63) is 0 Å². The smallest absolute Gasteiger partial charge is 0.149 e. The van der Waals surface area contributed by atoms with E-state index < -0.39 is 0 Å². The summed E-state index contributed by atoms with van der Waals surface area (Å²) in [5.74, 6) is 2.05. The molecule has 0 aliphatic carbocycles. The van der Waals surface area contributed by atoms with Gasteiger partial charge >= 0.3 is 0 Å². The molecule has 0 bridgehead atoms. The zero-order valence-electron chi connectivity index (χ0n) is 13.3. The van der Waals surface area contributed by atoms with E-state index in [2.05, 4.69) is 39.5 Å². The number of Topliss-reactive ketones (excluding diaryl/α,β-unsaturated/α-hetero) is 1. The first-order valence-electron chi connectivity index (χ1n) is 7.61. The molecule has 108 valence electrons. The van der Waals surface area contributed by atoms with Crippen molar-refractivity contribution < 1.29 is 4.79 Å². The normalized spacial score (nSPS) is 13.6. The van der Waals surface area contributed by atoms with Crippen molar-refractivity contribution in [1.82, 2.24) is 4.90 Å². The van der Waals surface area contributed by atoms with E-state index in [1.54, 1.807) is 0 Å². The number of rotatable bonds is 10. The molecular weight excluding hydrogens is 222 g/mol. The molecule has 0 saturated carbocycles. The van der Waals surface area contributed by atoms with E-state index in [4.69, 9.17) is 0 Å². The Hall–Kier alpha value is -0.370. The number of carbonyl (C=O) groups is 1. The van der Waals surface area contributed by atoms with Gasteiger partial charge in [0.15, 0.2) is 0 Å². The average molecular weight is 255 g/mol. The van der Waals surface area contributed by atoms with Gasteiger partial charge in [-0.05, 0) is 44.2 Å². The molecule has 0 aliphatic rings. The highest BCUT2D eigenvalue weighted by Crippen LogP contribution is 2.09. The van der Waals surface area contributed by atoms with Crippen LogP contribution in [0.5, 0.6) is 0 Å². The first-order valence-corrected chi connectivity index (χ1v) is 7.61. The molecule has 0 saturated heterocycles. The molecule has 0 rings (SSSR count). The standard InChI is InChI=1S/C16H33NO/c1-7-15(6)16(18)12-17(10-8-13(2)3)11-9-14(4)5/h13-15H,7-12H2,1-6H3. The van der Waals surface area contributed by atoms with Crippen LogP contribution in [-0.2, 0) is 4.79 Å². The maximum Gasteiger partial charge on any atom is 0.149 e. The molecule has 1 atom stereocenters. The van der Waals surface area contributed by atoms with E-state index in [0.717, 1.165) is 19.5 Å². The molecule has 18 heavy (non-hydrogen) atoms. The van der Waals surface area contributed by atoms with Gasteiger partial charge in [0.05, 0.1) is 6.54 Å². The molecular formula is C16H33NO. The maximum absolute atomic E-state index is 12.0. The lowest BCUT2D eigenvalue weighted by atomic mass is 10.0. The van der Waals surface area contributed by atoms with Gasteiger partial charge in [0.2, 0.25) is 0 Å². The fourth-order valence-corrected chi connectivity index (χ4v) is 1.76.